The standard InChI is InChI=1S/C21H41N9O6S/c1-37-10-7-14(28-17(32)12(23)11-16(24)31)19(34)29-13(6-4-9-27-21(25)26)18(33)30-15(20(35)36)5-2-3-8-22/h12-15H,2-11,22-23H2,1H3,(H2,24,31)(H,28,32)(H,29,34)(H,30,33)(H,35,36)(H4,25,26,27). The monoisotopic (exact) mass is 547 g/mol. The zero-order chi connectivity index (χ0) is 28.4. The third-order valence-electron chi connectivity index (χ3n) is 5.14. The largest absolute Gasteiger partial charge is 0.480 e. The second-order valence-electron chi connectivity index (χ2n) is 8.31. The number of carbonyl (C=O) groups excluding carboxylic acids is 4. The van der Waals surface area contributed by atoms with Crippen molar-refractivity contribution in [2.24, 2.45) is 33.7 Å². The summed E-state index contributed by atoms with van der Waals surface area (Å²) in [5.74, 6) is -3.77. The highest BCUT2D eigenvalue weighted by Crippen LogP contribution is 2.07. The van der Waals surface area contributed by atoms with Crippen LogP contribution in [0.3, 0.4) is 0 Å². The highest BCUT2D eigenvalue weighted by Gasteiger charge is 2.30. The Balaban J connectivity index is 5.58. The smallest absolute Gasteiger partial charge is 0.326 e. The first-order chi connectivity index (χ1) is 17.4. The molecule has 0 aromatic carbocycles. The maximum Gasteiger partial charge on any atom is 0.326 e. The maximum atomic E-state index is 13.1. The summed E-state index contributed by atoms with van der Waals surface area (Å²) >= 11 is 1.43. The summed E-state index contributed by atoms with van der Waals surface area (Å²) in [6, 6.07) is -4.61. The molecule has 0 radical (unpaired) electrons. The highest BCUT2D eigenvalue weighted by atomic mass is 32.2. The molecule has 212 valence electrons. The molecule has 4 unspecified atom stereocenters. The zero-order valence-corrected chi connectivity index (χ0v) is 21.9. The van der Waals surface area contributed by atoms with Gasteiger partial charge in [0, 0.05) is 6.54 Å². The number of hydrogen-bond donors (Lipinski definition) is 9. The molecule has 37 heavy (non-hydrogen) atoms. The van der Waals surface area contributed by atoms with Crippen molar-refractivity contribution in [1.82, 2.24) is 16.0 Å². The van der Waals surface area contributed by atoms with Crippen molar-refractivity contribution < 1.29 is 29.1 Å². The van der Waals surface area contributed by atoms with Crippen molar-refractivity contribution in [3.8, 4) is 0 Å². The van der Waals surface area contributed by atoms with Gasteiger partial charge in [-0.2, -0.15) is 11.8 Å². The number of nitrogens with zero attached hydrogens (tertiary/aromatic N) is 1. The first-order valence-corrected chi connectivity index (χ1v) is 13.2. The number of guanidine groups is 1. The summed E-state index contributed by atoms with van der Waals surface area (Å²) in [6.45, 7) is 0.561. The van der Waals surface area contributed by atoms with Crippen LogP contribution in [-0.2, 0) is 24.0 Å². The van der Waals surface area contributed by atoms with Crippen LogP contribution in [-0.4, -0.2) is 89.9 Å². The van der Waals surface area contributed by atoms with E-state index in [-0.39, 0.29) is 31.8 Å². The van der Waals surface area contributed by atoms with Gasteiger partial charge in [-0.15, -0.1) is 0 Å². The molecular weight excluding hydrogens is 506 g/mol. The summed E-state index contributed by atoms with van der Waals surface area (Å²) in [5.41, 5.74) is 26.8. The van der Waals surface area contributed by atoms with E-state index in [9.17, 15) is 29.1 Å². The number of carbonyl (C=O) groups is 5. The topological polar surface area (TPSA) is 284 Å². The third kappa shape index (κ3) is 15.6. The van der Waals surface area contributed by atoms with Gasteiger partial charge in [0.1, 0.15) is 18.1 Å². The minimum absolute atomic E-state index is 0.0911. The van der Waals surface area contributed by atoms with Gasteiger partial charge in [0.05, 0.1) is 12.5 Å². The fourth-order valence-corrected chi connectivity index (χ4v) is 3.63. The van der Waals surface area contributed by atoms with Gasteiger partial charge < -0.3 is 49.7 Å². The van der Waals surface area contributed by atoms with E-state index in [4.69, 9.17) is 28.7 Å². The van der Waals surface area contributed by atoms with Gasteiger partial charge in [-0.05, 0) is 57.1 Å². The fourth-order valence-electron chi connectivity index (χ4n) is 3.16. The lowest BCUT2D eigenvalue weighted by molar-refractivity contribution is -0.142. The molecule has 0 bridgehead atoms. The Morgan fingerprint density at radius 3 is 1.89 bits per heavy atom. The van der Waals surface area contributed by atoms with Crippen molar-refractivity contribution in [3.63, 3.8) is 0 Å². The predicted molar refractivity (Wildman–Crippen MR) is 141 cm³/mol. The van der Waals surface area contributed by atoms with Gasteiger partial charge in [0.25, 0.3) is 0 Å². The average Bonchev–Trinajstić information content (AvgIpc) is 2.81. The predicted octanol–water partition coefficient (Wildman–Crippen LogP) is -3.34. The summed E-state index contributed by atoms with van der Waals surface area (Å²) in [5, 5.41) is 17.0. The van der Waals surface area contributed by atoms with Gasteiger partial charge in [-0.1, -0.05) is 0 Å². The molecule has 4 amide bonds. The highest BCUT2D eigenvalue weighted by molar-refractivity contribution is 7.98. The van der Waals surface area contributed by atoms with Crippen LogP contribution in [0.4, 0.5) is 0 Å². The van der Waals surface area contributed by atoms with E-state index in [1.165, 1.54) is 11.8 Å². The Labute approximate surface area is 220 Å². The molecule has 0 spiro atoms. The van der Waals surface area contributed by atoms with Crippen LogP contribution in [0.25, 0.3) is 0 Å². The molecule has 0 saturated carbocycles. The summed E-state index contributed by atoms with van der Waals surface area (Å²) in [6.07, 6.45) is 3.25. The van der Waals surface area contributed by atoms with Crippen LogP contribution >= 0.6 is 11.8 Å². The summed E-state index contributed by atoms with van der Waals surface area (Å²) < 4.78 is 0. The van der Waals surface area contributed by atoms with E-state index in [0.717, 1.165) is 0 Å². The van der Waals surface area contributed by atoms with E-state index in [0.29, 0.717) is 31.6 Å². The molecule has 0 saturated heterocycles. The van der Waals surface area contributed by atoms with Crippen molar-refractivity contribution >= 4 is 47.3 Å². The fraction of sp³-hybridized carbons (Fsp3) is 0.714. The Hall–Kier alpha value is -3.11. The van der Waals surface area contributed by atoms with Gasteiger partial charge >= 0.3 is 5.97 Å². The lowest BCUT2D eigenvalue weighted by Gasteiger charge is -2.25. The molecule has 0 aromatic rings. The molecule has 0 fully saturated rings. The average molecular weight is 548 g/mol. The molecule has 0 heterocycles. The SMILES string of the molecule is CSCCC(NC(=O)C(N)CC(N)=O)C(=O)NC(CCCN=C(N)N)C(=O)NC(CCCCN)C(=O)O. The number of amides is 4. The van der Waals surface area contributed by atoms with E-state index in [2.05, 4.69) is 20.9 Å². The van der Waals surface area contributed by atoms with Crippen LogP contribution in [0.2, 0.25) is 0 Å². The van der Waals surface area contributed by atoms with E-state index >= 15 is 0 Å². The molecule has 15 nitrogen and oxygen atoms in total. The Morgan fingerprint density at radius 2 is 1.38 bits per heavy atom. The number of carboxylic acids is 1. The molecule has 0 aliphatic rings. The molecule has 14 N–H and O–H groups in total. The second kappa shape index (κ2) is 19.1. The quantitative estimate of drug-likeness (QED) is 0.0412. The summed E-state index contributed by atoms with van der Waals surface area (Å²) in [7, 11) is 0. The Morgan fingerprint density at radius 1 is 0.838 bits per heavy atom. The lowest BCUT2D eigenvalue weighted by atomic mass is 10.1. The maximum absolute atomic E-state index is 13.1. The number of primary amides is 1. The molecule has 0 aliphatic carbocycles. The van der Waals surface area contributed by atoms with Gasteiger partial charge in [0.2, 0.25) is 23.6 Å². The molecule has 16 heteroatoms. The lowest BCUT2D eigenvalue weighted by Crippen LogP contribution is -2.57. The minimum atomic E-state index is -1.24. The third-order valence-corrected chi connectivity index (χ3v) is 5.79. The van der Waals surface area contributed by atoms with Crippen molar-refractivity contribution in [2.45, 2.75) is 69.1 Å². The number of hydrogen-bond acceptors (Lipinski definition) is 9. The molecular formula is C21H41N9O6S. The van der Waals surface area contributed by atoms with Crippen LogP contribution < -0.4 is 44.6 Å². The normalized spacial score (nSPS) is 13.9. The first kappa shape index (κ1) is 33.9. The van der Waals surface area contributed by atoms with E-state index in [1.807, 2.05) is 6.26 Å². The Kier molecular flexibility index (Phi) is 17.5. The van der Waals surface area contributed by atoms with E-state index < -0.39 is 60.2 Å². The van der Waals surface area contributed by atoms with Gasteiger partial charge in [0.15, 0.2) is 5.96 Å². The number of aliphatic imine (C=N–C) groups is 1. The van der Waals surface area contributed by atoms with Gasteiger partial charge in [-0.25, -0.2) is 4.79 Å². The van der Waals surface area contributed by atoms with Crippen LogP contribution in [0, 0.1) is 0 Å². The number of rotatable bonds is 20. The van der Waals surface area contributed by atoms with Crippen molar-refractivity contribution in [1.29, 1.82) is 0 Å². The molecule has 0 aliphatic heterocycles. The summed E-state index contributed by atoms with van der Waals surface area (Å²) in [4.78, 5) is 65.0. The van der Waals surface area contributed by atoms with Crippen LogP contribution in [0.5, 0.6) is 0 Å². The molecule has 0 rings (SSSR count). The molecule has 0 aromatic heterocycles. The number of carboxylic acid groups (broad SMARTS) is 1. The van der Waals surface area contributed by atoms with Crippen LogP contribution in [0.1, 0.15) is 44.9 Å². The zero-order valence-electron chi connectivity index (χ0n) is 21.1. The minimum Gasteiger partial charge on any atom is -0.480 e. The van der Waals surface area contributed by atoms with Crippen molar-refractivity contribution in [3.05, 3.63) is 0 Å². The van der Waals surface area contributed by atoms with Gasteiger partial charge in [-0.3, -0.25) is 24.2 Å². The van der Waals surface area contributed by atoms with Crippen LogP contribution in [0.15, 0.2) is 4.99 Å². The number of nitrogens with one attached hydrogen (secondary N) is 3. The first-order valence-electron chi connectivity index (χ1n) is 11.8. The molecule has 4 atom stereocenters. The second-order valence-corrected chi connectivity index (χ2v) is 9.30. The number of aliphatic carboxylic acids is 1. The number of nitrogens with two attached hydrogens (primary N) is 5. The number of unbranched alkanes of at least 4 members (excludes halogenated alkanes) is 1. The number of thioether (sulfide) groups is 1. The Bertz CT molecular complexity index is 794. The van der Waals surface area contributed by atoms with E-state index in [1.54, 1.807) is 0 Å². The van der Waals surface area contributed by atoms with Crippen molar-refractivity contribution in [2.75, 3.05) is 25.1 Å².